The Morgan fingerprint density at radius 2 is 2.11 bits per heavy atom. The van der Waals surface area contributed by atoms with Crippen molar-refractivity contribution in [2.45, 2.75) is 58.6 Å². The van der Waals surface area contributed by atoms with Gasteiger partial charge in [0.1, 0.15) is 5.60 Å². The minimum atomic E-state index is -0.784. The van der Waals surface area contributed by atoms with Gasteiger partial charge in [0, 0.05) is 6.04 Å². The molecule has 1 aliphatic rings. The fourth-order valence-electron chi connectivity index (χ4n) is 2.21. The SMILES string of the molecule is C[C@@H](/C=C1/CCCC1C(=O)O)NC(=O)OC(C)(C)C. The molecule has 108 valence electrons. The Bertz CT molecular complexity index is 381. The lowest BCUT2D eigenvalue weighted by Crippen LogP contribution is -2.37. The van der Waals surface area contributed by atoms with Crippen molar-refractivity contribution in [3.8, 4) is 0 Å². The van der Waals surface area contributed by atoms with Gasteiger partial charge in [0.15, 0.2) is 0 Å². The van der Waals surface area contributed by atoms with Gasteiger partial charge in [-0.3, -0.25) is 4.79 Å². The molecule has 5 nitrogen and oxygen atoms in total. The molecule has 1 saturated carbocycles. The fraction of sp³-hybridized carbons (Fsp3) is 0.714. The number of hydrogen-bond donors (Lipinski definition) is 2. The summed E-state index contributed by atoms with van der Waals surface area (Å²) in [5.74, 6) is -1.18. The number of carboxylic acid groups (broad SMARTS) is 1. The van der Waals surface area contributed by atoms with Crippen LogP contribution in [0.1, 0.15) is 47.0 Å². The van der Waals surface area contributed by atoms with Crippen LogP contribution in [0.4, 0.5) is 4.79 Å². The van der Waals surface area contributed by atoms with Gasteiger partial charge in [0.25, 0.3) is 0 Å². The van der Waals surface area contributed by atoms with Crippen molar-refractivity contribution < 1.29 is 19.4 Å². The van der Waals surface area contributed by atoms with E-state index < -0.39 is 23.6 Å². The first-order chi connectivity index (χ1) is 8.69. The normalized spacial score (nSPS) is 23.2. The van der Waals surface area contributed by atoms with Gasteiger partial charge in [-0.15, -0.1) is 0 Å². The molecule has 0 aromatic rings. The predicted octanol–water partition coefficient (Wildman–Crippen LogP) is 2.71. The number of rotatable bonds is 3. The molecule has 0 bridgehead atoms. The zero-order valence-electron chi connectivity index (χ0n) is 12.0. The molecule has 0 aliphatic heterocycles. The Labute approximate surface area is 114 Å². The molecule has 0 heterocycles. The number of alkyl carbamates (subject to hydrolysis) is 1. The van der Waals surface area contributed by atoms with Crippen molar-refractivity contribution in [3.63, 3.8) is 0 Å². The number of carbonyl (C=O) groups excluding carboxylic acids is 1. The molecule has 2 N–H and O–H groups in total. The predicted molar refractivity (Wildman–Crippen MR) is 71.9 cm³/mol. The van der Waals surface area contributed by atoms with Gasteiger partial charge in [0.2, 0.25) is 0 Å². The van der Waals surface area contributed by atoms with Crippen molar-refractivity contribution in [2.24, 2.45) is 5.92 Å². The molecule has 1 amide bonds. The second-order valence-electron chi connectivity index (χ2n) is 5.96. The lowest BCUT2D eigenvalue weighted by molar-refractivity contribution is -0.140. The van der Waals surface area contributed by atoms with Crippen LogP contribution in [0.5, 0.6) is 0 Å². The summed E-state index contributed by atoms with van der Waals surface area (Å²) < 4.78 is 5.15. The Kier molecular flexibility index (Phi) is 4.97. The van der Waals surface area contributed by atoms with E-state index in [0.29, 0.717) is 6.42 Å². The topological polar surface area (TPSA) is 75.6 Å². The third kappa shape index (κ3) is 5.32. The zero-order valence-corrected chi connectivity index (χ0v) is 12.0. The highest BCUT2D eigenvalue weighted by atomic mass is 16.6. The molecule has 0 spiro atoms. The monoisotopic (exact) mass is 269 g/mol. The van der Waals surface area contributed by atoms with E-state index in [-0.39, 0.29) is 6.04 Å². The maximum absolute atomic E-state index is 11.6. The van der Waals surface area contributed by atoms with E-state index in [4.69, 9.17) is 9.84 Å². The molecule has 0 radical (unpaired) electrons. The molecule has 19 heavy (non-hydrogen) atoms. The highest BCUT2D eigenvalue weighted by molar-refractivity contribution is 5.74. The number of aliphatic carboxylic acids is 1. The minimum Gasteiger partial charge on any atom is -0.481 e. The molecule has 5 heteroatoms. The zero-order chi connectivity index (χ0) is 14.6. The molecular formula is C14H23NO4. The van der Waals surface area contributed by atoms with E-state index in [2.05, 4.69) is 5.32 Å². The summed E-state index contributed by atoms with van der Waals surface area (Å²) in [5.41, 5.74) is 0.365. The highest BCUT2D eigenvalue weighted by Gasteiger charge is 2.27. The number of nitrogens with one attached hydrogen (secondary N) is 1. The molecule has 1 aliphatic carbocycles. The first kappa shape index (κ1) is 15.5. The molecular weight excluding hydrogens is 246 g/mol. The Morgan fingerprint density at radius 1 is 1.47 bits per heavy atom. The molecule has 0 aromatic carbocycles. The molecule has 0 aromatic heterocycles. The number of ether oxygens (including phenoxy) is 1. The Hall–Kier alpha value is -1.52. The van der Waals surface area contributed by atoms with Gasteiger partial charge in [-0.1, -0.05) is 11.6 Å². The Balaban J connectivity index is 2.57. The summed E-state index contributed by atoms with van der Waals surface area (Å²) in [4.78, 5) is 22.6. The molecule has 1 fully saturated rings. The third-order valence-electron chi connectivity index (χ3n) is 2.91. The quantitative estimate of drug-likeness (QED) is 0.772. The third-order valence-corrected chi connectivity index (χ3v) is 2.91. The summed E-state index contributed by atoms with van der Waals surface area (Å²) in [6, 6.07) is -0.232. The lowest BCUT2D eigenvalue weighted by atomic mass is 10.0. The van der Waals surface area contributed by atoms with Crippen molar-refractivity contribution in [2.75, 3.05) is 0 Å². The van der Waals surface area contributed by atoms with Gasteiger partial charge in [0.05, 0.1) is 5.92 Å². The van der Waals surface area contributed by atoms with E-state index in [1.165, 1.54) is 0 Å². The maximum Gasteiger partial charge on any atom is 0.408 e. The highest BCUT2D eigenvalue weighted by Crippen LogP contribution is 2.31. The fourth-order valence-corrected chi connectivity index (χ4v) is 2.21. The van der Waals surface area contributed by atoms with Crippen molar-refractivity contribution in [1.82, 2.24) is 5.32 Å². The number of carboxylic acids is 1. The van der Waals surface area contributed by atoms with Crippen LogP contribution in [0, 0.1) is 5.92 Å². The lowest BCUT2D eigenvalue weighted by Gasteiger charge is -2.21. The van der Waals surface area contributed by atoms with E-state index in [9.17, 15) is 9.59 Å². The van der Waals surface area contributed by atoms with Crippen LogP contribution in [0.25, 0.3) is 0 Å². The minimum absolute atomic E-state index is 0.232. The molecule has 0 saturated heterocycles. The van der Waals surface area contributed by atoms with Crippen LogP contribution in [-0.2, 0) is 9.53 Å². The first-order valence-electron chi connectivity index (χ1n) is 6.62. The van der Waals surface area contributed by atoms with Gasteiger partial charge >= 0.3 is 12.1 Å². The molecule has 1 unspecified atom stereocenters. The van der Waals surface area contributed by atoms with Gasteiger partial charge in [-0.25, -0.2) is 4.79 Å². The van der Waals surface area contributed by atoms with Crippen LogP contribution in [0.2, 0.25) is 0 Å². The van der Waals surface area contributed by atoms with E-state index in [0.717, 1.165) is 18.4 Å². The van der Waals surface area contributed by atoms with Gasteiger partial charge in [-0.2, -0.15) is 0 Å². The van der Waals surface area contributed by atoms with Gasteiger partial charge < -0.3 is 15.2 Å². The van der Waals surface area contributed by atoms with Gasteiger partial charge in [-0.05, 0) is 47.0 Å². The van der Waals surface area contributed by atoms with E-state index in [1.807, 2.05) is 13.0 Å². The second-order valence-corrected chi connectivity index (χ2v) is 5.96. The average molecular weight is 269 g/mol. The number of hydrogen-bond acceptors (Lipinski definition) is 3. The van der Waals surface area contributed by atoms with Crippen LogP contribution in [0.3, 0.4) is 0 Å². The smallest absolute Gasteiger partial charge is 0.408 e. The summed E-state index contributed by atoms with van der Waals surface area (Å²) >= 11 is 0. The maximum atomic E-state index is 11.6. The van der Waals surface area contributed by atoms with Crippen LogP contribution >= 0.6 is 0 Å². The van der Waals surface area contributed by atoms with Crippen molar-refractivity contribution >= 4 is 12.1 Å². The molecule has 2 atom stereocenters. The van der Waals surface area contributed by atoms with E-state index in [1.54, 1.807) is 20.8 Å². The Morgan fingerprint density at radius 3 is 2.63 bits per heavy atom. The van der Waals surface area contributed by atoms with Crippen LogP contribution in [-0.4, -0.2) is 28.8 Å². The van der Waals surface area contributed by atoms with Crippen LogP contribution < -0.4 is 5.32 Å². The first-order valence-corrected chi connectivity index (χ1v) is 6.62. The standard InChI is InChI=1S/C14H23NO4/c1-9(15-13(18)19-14(2,3)4)8-10-6-5-7-11(10)12(16)17/h8-9,11H,5-7H2,1-4H3,(H,15,18)(H,16,17)/b10-8-/t9-,11?/m0/s1. The second kappa shape index (κ2) is 6.08. The molecule has 1 rings (SSSR count). The summed E-state index contributed by atoms with van der Waals surface area (Å²) in [7, 11) is 0. The summed E-state index contributed by atoms with van der Waals surface area (Å²) in [6.45, 7) is 7.21. The van der Waals surface area contributed by atoms with Crippen molar-refractivity contribution in [3.05, 3.63) is 11.6 Å². The number of carbonyl (C=O) groups is 2. The van der Waals surface area contributed by atoms with E-state index >= 15 is 0 Å². The summed E-state index contributed by atoms with van der Waals surface area (Å²) in [5, 5.41) is 11.8. The number of amides is 1. The summed E-state index contributed by atoms with van der Waals surface area (Å²) in [6.07, 6.45) is 3.71. The van der Waals surface area contributed by atoms with Crippen molar-refractivity contribution in [1.29, 1.82) is 0 Å². The average Bonchev–Trinajstić information content (AvgIpc) is 2.61. The van der Waals surface area contributed by atoms with Crippen LogP contribution in [0.15, 0.2) is 11.6 Å². The largest absolute Gasteiger partial charge is 0.481 e.